The Bertz CT molecular complexity index is 1960. The summed E-state index contributed by atoms with van der Waals surface area (Å²) in [4.78, 5) is 45.3. The van der Waals surface area contributed by atoms with Crippen molar-refractivity contribution in [3.05, 3.63) is 82.3 Å². The fourth-order valence-corrected chi connectivity index (χ4v) is 6.81. The molecule has 6 rings (SSSR count). The Morgan fingerprint density at radius 3 is 2.69 bits per heavy atom. The van der Waals surface area contributed by atoms with Gasteiger partial charge in [-0.3, -0.25) is 9.78 Å². The number of aliphatic hydroxyl groups is 1. The predicted molar refractivity (Wildman–Crippen MR) is 181 cm³/mol. The van der Waals surface area contributed by atoms with Crippen LogP contribution in [0.15, 0.2) is 54.0 Å². The quantitative estimate of drug-likeness (QED) is 0.300. The standard InChI is InChI=1S/C36H41FN6O5/c1-8-28(44)41-16-22(7)42(17-21(41)6)34-24-15-20(5)31-29-25(37)11-10-12-26(29)48-18-27(47-9-2)33(45)23-13-14-38-30(19(3)4)32(23)43(35(24)39-31)36(46)40-34/h8,10-15,19,21-22,27,33,45H,1,9,16-18H2,2-7H3/t21-,22+,27?,33?/m1/s1. The van der Waals surface area contributed by atoms with Crippen LogP contribution in [0.5, 0.6) is 5.75 Å². The first-order valence-corrected chi connectivity index (χ1v) is 16.3. The molecule has 0 spiro atoms. The van der Waals surface area contributed by atoms with Gasteiger partial charge < -0.3 is 24.4 Å². The minimum atomic E-state index is -1.25. The molecule has 2 bridgehead atoms. The van der Waals surface area contributed by atoms with E-state index in [0.29, 0.717) is 52.5 Å². The Hall–Kier alpha value is -4.68. The molecule has 5 heterocycles. The molecule has 4 atom stereocenters. The molecular weight excluding hydrogens is 615 g/mol. The summed E-state index contributed by atoms with van der Waals surface area (Å²) in [5, 5.41) is 12.5. The average Bonchev–Trinajstić information content (AvgIpc) is 3.06. The minimum Gasteiger partial charge on any atom is -0.490 e. The molecule has 1 fully saturated rings. The average molecular weight is 657 g/mol. The zero-order valence-corrected chi connectivity index (χ0v) is 28.1. The van der Waals surface area contributed by atoms with E-state index in [4.69, 9.17) is 14.5 Å². The highest BCUT2D eigenvalue weighted by atomic mass is 19.1. The zero-order valence-electron chi connectivity index (χ0n) is 28.1. The molecule has 11 nitrogen and oxygen atoms in total. The number of rotatable bonds is 5. The van der Waals surface area contributed by atoms with Crippen molar-refractivity contribution in [2.45, 2.75) is 71.8 Å². The van der Waals surface area contributed by atoms with Crippen LogP contribution in [0.25, 0.3) is 28.0 Å². The molecule has 2 aliphatic heterocycles. The lowest BCUT2D eigenvalue weighted by atomic mass is 9.97. The van der Waals surface area contributed by atoms with Crippen LogP contribution in [0.4, 0.5) is 10.2 Å². The molecule has 4 aromatic rings. The molecule has 3 aromatic heterocycles. The number of benzene rings is 1. The van der Waals surface area contributed by atoms with E-state index in [9.17, 15) is 14.7 Å². The molecule has 2 aliphatic rings. The first-order chi connectivity index (χ1) is 23.0. The first kappa shape index (κ1) is 33.2. The molecule has 0 radical (unpaired) electrons. The normalized spacial score (nSPS) is 20.9. The van der Waals surface area contributed by atoms with E-state index in [1.165, 1.54) is 16.7 Å². The van der Waals surface area contributed by atoms with Gasteiger partial charge in [-0.25, -0.2) is 18.7 Å². The summed E-state index contributed by atoms with van der Waals surface area (Å²) < 4.78 is 29.4. The molecule has 48 heavy (non-hydrogen) atoms. The molecule has 2 unspecified atom stereocenters. The fourth-order valence-electron chi connectivity index (χ4n) is 6.81. The monoisotopic (exact) mass is 656 g/mol. The number of hydrogen-bond acceptors (Lipinski definition) is 9. The Morgan fingerprint density at radius 2 is 1.98 bits per heavy atom. The third-order valence-electron chi connectivity index (χ3n) is 9.18. The predicted octanol–water partition coefficient (Wildman–Crippen LogP) is 4.86. The van der Waals surface area contributed by atoms with Gasteiger partial charge in [-0.2, -0.15) is 4.98 Å². The SMILES string of the molecule is C=CC(=O)N1C[C@H](C)N(c2nc(=O)n3c4nc(c(C)cc24)-c2c(F)cccc2OCC(OCC)C(O)c2ccnc(C(C)C)c2-3)C[C@H]1C. The van der Waals surface area contributed by atoms with E-state index in [-0.39, 0.29) is 54.1 Å². The van der Waals surface area contributed by atoms with Gasteiger partial charge in [0.2, 0.25) is 5.91 Å². The molecule has 0 aliphatic carbocycles. The summed E-state index contributed by atoms with van der Waals surface area (Å²) >= 11 is 0. The lowest BCUT2D eigenvalue weighted by Crippen LogP contribution is -2.58. The number of amides is 1. The van der Waals surface area contributed by atoms with Crippen LogP contribution in [0.3, 0.4) is 0 Å². The third-order valence-corrected chi connectivity index (χ3v) is 9.18. The number of anilines is 1. The number of hydrogen-bond donors (Lipinski definition) is 1. The van der Waals surface area contributed by atoms with Crippen LogP contribution in [0, 0.1) is 12.7 Å². The Balaban J connectivity index is 1.72. The second kappa shape index (κ2) is 13.1. The van der Waals surface area contributed by atoms with Crippen molar-refractivity contribution < 1.29 is 23.8 Å². The smallest absolute Gasteiger partial charge is 0.355 e. The lowest BCUT2D eigenvalue weighted by molar-refractivity contribution is -0.128. The van der Waals surface area contributed by atoms with E-state index in [2.05, 4.69) is 16.5 Å². The van der Waals surface area contributed by atoms with Crippen LogP contribution in [0.2, 0.25) is 0 Å². The summed E-state index contributed by atoms with van der Waals surface area (Å²) in [6.07, 6.45) is 0.790. The maximum absolute atomic E-state index is 15.8. The summed E-state index contributed by atoms with van der Waals surface area (Å²) in [5.74, 6) is -0.244. The maximum Gasteiger partial charge on any atom is 0.355 e. The second-order valence-electron chi connectivity index (χ2n) is 12.8. The highest BCUT2D eigenvalue weighted by molar-refractivity contribution is 5.92. The lowest BCUT2D eigenvalue weighted by Gasteiger charge is -2.44. The van der Waals surface area contributed by atoms with Crippen molar-refractivity contribution in [2.24, 2.45) is 0 Å². The molecule has 1 amide bonds. The number of ether oxygens (including phenoxy) is 2. The molecule has 1 aromatic carbocycles. The Kier molecular flexibility index (Phi) is 9.06. The van der Waals surface area contributed by atoms with E-state index in [1.54, 1.807) is 29.3 Å². The first-order valence-electron chi connectivity index (χ1n) is 16.3. The molecule has 1 N–H and O–H groups in total. The van der Waals surface area contributed by atoms with Crippen molar-refractivity contribution in [3.8, 4) is 22.7 Å². The van der Waals surface area contributed by atoms with E-state index < -0.39 is 23.7 Å². The second-order valence-corrected chi connectivity index (χ2v) is 12.8. The summed E-state index contributed by atoms with van der Waals surface area (Å²) in [6.45, 7) is 16.1. The molecule has 12 heteroatoms. The highest BCUT2D eigenvalue weighted by Gasteiger charge is 2.35. The van der Waals surface area contributed by atoms with Crippen molar-refractivity contribution in [1.82, 2.24) is 24.4 Å². The van der Waals surface area contributed by atoms with Gasteiger partial charge in [0.05, 0.1) is 28.0 Å². The van der Waals surface area contributed by atoms with Gasteiger partial charge in [-0.05, 0) is 69.5 Å². The van der Waals surface area contributed by atoms with Crippen molar-refractivity contribution in [1.29, 1.82) is 0 Å². The Morgan fingerprint density at radius 1 is 1.21 bits per heavy atom. The maximum atomic E-state index is 15.8. The number of carbonyl (C=O) groups excluding carboxylic acids is 1. The van der Waals surface area contributed by atoms with Gasteiger partial charge in [0.15, 0.2) is 5.65 Å². The van der Waals surface area contributed by atoms with Gasteiger partial charge in [-0.1, -0.05) is 26.5 Å². The van der Waals surface area contributed by atoms with Crippen LogP contribution < -0.4 is 15.3 Å². The van der Waals surface area contributed by atoms with Crippen molar-refractivity contribution in [3.63, 3.8) is 0 Å². The van der Waals surface area contributed by atoms with Crippen molar-refractivity contribution in [2.75, 3.05) is 31.2 Å². The van der Waals surface area contributed by atoms with Crippen LogP contribution in [-0.2, 0) is 9.53 Å². The molecule has 252 valence electrons. The van der Waals surface area contributed by atoms with Gasteiger partial charge >= 0.3 is 5.69 Å². The number of carbonyl (C=O) groups is 1. The molecule has 0 saturated carbocycles. The number of piperazine rings is 1. The van der Waals surface area contributed by atoms with Crippen LogP contribution in [0.1, 0.15) is 63.5 Å². The number of fused-ring (bicyclic) bond motifs is 5. The van der Waals surface area contributed by atoms with Gasteiger partial charge in [0.1, 0.15) is 36.2 Å². The highest BCUT2D eigenvalue weighted by Crippen LogP contribution is 2.40. The van der Waals surface area contributed by atoms with E-state index in [1.807, 2.05) is 52.5 Å². The number of nitrogens with zero attached hydrogens (tertiary/aromatic N) is 6. The number of pyridine rings is 2. The van der Waals surface area contributed by atoms with Crippen LogP contribution in [-0.4, -0.2) is 79.9 Å². The van der Waals surface area contributed by atoms with E-state index >= 15 is 4.39 Å². The molecular formula is C36H41FN6O5. The van der Waals surface area contributed by atoms with Gasteiger partial charge in [0.25, 0.3) is 0 Å². The number of aryl methyl sites for hydroxylation is 1. The largest absolute Gasteiger partial charge is 0.490 e. The van der Waals surface area contributed by atoms with Gasteiger partial charge in [0, 0.05) is 43.5 Å². The van der Waals surface area contributed by atoms with Gasteiger partial charge in [-0.15, -0.1) is 0 Å². The third kappa shape index (κ3) is 5.62. The fraction of sp³-hybridized carbons (Fsp3) is 0.417. The van der Waals surface area contributed by atoms with E-state index in [0.717, 1.165) is 0 Å². The number of aromatic nitrogens is 4. The topological polar surface area (TPSA) is 123 Å². The molecule has 1 saturated heterocycles. The van der Waals surface area contributed by atoms with Crippen LogP contribution >= 0.6 is 0 Å². The summed E-state index contributed by atoms with van der Waals surface area (Å²) in [6, 6.07) is 7.66. The zero-order chi connectivity index (χ0) is 34.4. The Labute approximate surface area is 278 Å². The minimum absolute atomic E-state index is 0.0964. The van der Waals surface area contributed by atoms with Crippen molar-refractivity contribution >= 4 is 22.8 Å². The summed E-state index contributed by atoms with van der Waals surface area (Å²) in [5.41, 5.74) is 1.95. The number of aliphatic hydroxyl groups excluding tert-OH is 1. The number of halogens is 1. The summed E-state index contributed by atoms with van der Waals surface area (Å²) in [7, 11) is 0.